The first-order chi connectivity index (χ1) is 9.22. The molecular formula is C14H23NO4S. The van der Waals surface area contributed by atoms with Gasteiger partial charge < -0.3 is 10.1 Å². The second-order valence-corrected chi connectivity index (χ2v) is 7.05. The van der Waals surface area contributed by atoms with Crippen LogP contribution in [0.25, 0.3) is 0 Å². The lowest BCUT2D eigenvalue weighted by molar-refractivity contribution is 0.383. The molecule has 0 saturated carbocycles. The van der Waals surface area contributed by atoms with Gasteiger partial charge in [0.05, 0.1) is 12.9 Å². The fourth-order valence-corrected chi connectivity index (χ4v) is 2.55. The third kappa shape index (κ3) is 6.88. The Morgan fingerprint density at radius 2 is 2.05 bits per heavy atom. The molecule has 6 heteroatoms. The van der Waals surface area contributed by atoms with Gasteiger partial charge in [-0.15, -0.1) is 0 Å². The van der Waals surface area contributed by atoms with Crippen molar-refractivity contribution < 1.29 is 17.7 Å². The monoisotopic (exact) mass is 301 g/mol. The summed E-state index contributed by atoms with van der Waals surface area (Å²) in [6.45, 7) is 4.65. The molecule has 114 valence electrons. The maximum atomic E-state index is 10.6. The van der Waals surface area contributed by atoms with E-state index in [9.17, 15) is 8.42 Å². The normalized spacial score (nSPS) is 12.4. The Bertz CT molecular complexity index is 526. The second-order valence-electron chi connectivity index (χ2n) is 5.48. The number of nitrogens with one attached hydrogen (secondary N) is 1. The molecule has 0 fully saturated rings. The fourth-order valence-electron chi connectivity index (χ4n) is 2.04. The number of ether oxygens (including phenoxy) is 1. The van der Waals surface area contributed by atoms with Crippen molar-refractivity contribution >= 4 is 10.1 Å². The van der Waals surface area contributed by atoms with E-state index in [1.807, 2.05) is 24.3 Å². The van der Waals surface area contributed by atoms with Gasteiger partial charge in [0, 0.05) is 5.54 Å². The van der Waals surface area contributed by atoms with Crippen LogP contribution in [0.15, 0.2) is 24.3 Å². The maximum Gasteiger partial charge on any atom is 0.264 e. The topological polar surface area (TPSA) is 75.6 Å². The van der Waals surface area contributed by atoms with E-state index in [0.29, 0.717) is 13.0 Å². The number of hydrogen-bond donors (Lipinski definition) is 2. The summed E-state index contributed by atoms with van der Waals surface area (Å²) in [5, 5.41) is 3.30. The van der Waals surface area contributed by atoms with Crippen molar-refractivity contribution in [2.24, 2.45) is 0 Å². The standard InChI is InChI=1S/C14H23NO4S/c1-14(2,15-8-5-9-20(16,17)18)11-12-6-4-7-13(10-12)19-3/h4,6-7,10,15H,5,8-9,11H2,1-3H3,(H,16,17,18). The summed E-state index contributed by atoms with van der Waals surface area (Å²) in [5.41, 5.74) is 0.989. The predicted octanol–water partition coefficient (Wildman–Crippen LogP) is 1.88. The van der Waals surface area contributed by atoms with Crippen molar-refractivity contribution in [2.75, 3.05) is 19.4 Å². The van der Waals surface area contributed by atoms with E-state index in [0.717, 1.165) is 17.7 Å². The molecule has 0 unspecified atom stereocenters. The zero-order valence-electron chi connectivity index (χ0n) is 12.2. The minimum atomic E-state index is -3.87. The largest absolute Gasteiger partial charge is 0.497 e. The van der Waals surface area contributed by atoms with Crippen LogP contribution in [0.1, 0.15) is 25.8 Å². The van der Waals surface area contributed by atoms with E-state index in [4.69, 9.17) is 9.29 Å². The Balaban J connectivity index is 2.48. The molecule has 1 aromatic carbocycles. The van der Waals surface area contributed by atoms with Gasteiger partial charge in [0.2, 0.25) is 0 Å². The highest BCUT2D eigenvalue weighted by Crippen LogP contribution is 2.18. The number of rotatable bonds is 8. The molecule has 1 aromatic rings. The Morgan fingerprint density at radius 1 is 1.35 bits per heavy atom. The third-order valence-electron chi connectivity index (χ3n) is 2.96. The quantitative estimate of drug-likeness (QED) is 0.566. The zero-order valence-corrected chi connectivity index (χ0v) is 13.0. The summed E-state index contributed by atoms with van der Waals surface area (Å²) in [5.74, 6) is 0.611. The highest BCUT2D eigenvalue weighted by molar-refractivity contribution is 7.85. The van der Waals surface area contributed by atoms with Gasteiger partial charge in [-0.1, -0.05) is 12.1 Å². The zero-order chi connectivity index (χ0) is 15.2. The SMILES string of the molecule is COc1cccc(CC(C)(C)NCCCS(=O)(=O)O)c1. The van der Waals surface area contributed by atoms with Crippen molar-refractivity contribution in [3.63, 3.8) is 0 Å². The van der Waals surface area contributed by atoms with E-state index in [1.54, 1.807) is 7.11 Å². The van der Waals surface area contributed by atoms with Gasteiger partial charge in [0.25, 0.3) is 10.1 Å². The predicted molar refractivity (Wildman–Crippen MR) is 79.8 cm³/mol. The Labute approximate surface area is 121 Å². The lowest BCUT2D eigenvalue weighted by Crippen LogP contribution is -2.42. The van der Waals surface area contributed by atoms with Crippen LogP contribution < -0.4 is 10.1 Å². The summed E-state index contributed by atoms with van der Waals surface area (Å²) >= 11 is 0. The fraction of sp³-hybridized carbons (Fsp3) is 0.571. The van der Waals surface area contributed by atoms with Crippen molar-refractivity contribution in [3.05, 3.63) is 29.8 Å². The molecule has 0 bridgehead atoms. The van der Waals surface area contributed by atoms with Crippen LogP contribution in [0.3, 0.4) is 0 Å². The Morgan fingerprint density at radius 3 is 2.65 bits per heavy atom. The molecule has 0 aliphatic carbocycles. The summed E-state index contributed by atoms with van der Waals surface area (Å²) in [7, 11) is -2.23. The lowest BCUT2D eigenvalue weighted by atomic mass is 9.94. The average molecular weight is 301 g/mol. The minimum Gasteiger partial charge on any atom is -0.497 e. The van der Waals surface area contributed by atoms with Crippen molar-refractivity contribution in [2.45, 2.75) is 32.2 Å². The Kier molecular flexibility index (Phi) is 5.98. The molecule has 0 saturated heterocycles. The van der Waals surface area contributed by atoms with Gasteiger partial charge >= 0.3 is 0 Å². The highest BCUT2D eigenvalue weighted by atomic mass is 32.2. The first kappa shape index (κ1) is 16.9. The van der Waals surface area contributed by atoms with Gasteiger partial charge in [-0.25, -0.2) is 0 Å². The first-order valence-corrected chi connectivity index (χ1v) is 8.16. The van der Waals surface area contributed by atoms with Crippen LogP contribution in [0.4, 0.5) is 0 Å². The number of benzene rings is 1. The van der Waals surface area contributed by atoms with Crippen LogP contribution in [0.5, 0.6) is 5.75 Å². The van der Waals surface area contributed by atoms with Crippen LogP contribution in [0.2, 0.25) is 0 Å². The molecule has 0 atom stereocenters. The first-order valence-electron chi connectivity index (χ1n) is 6.55. The summed E-state index contributed by atoms with van der Waals surface area (Å²) in [6, 6.07) is 7.87. The molecule has 2 N–H and O–H groups in total. The van der Waals surface area contributed by atoms with E-state index in [2.05, 4.69) is 19.2 Å². The maximum absolute atomic E-state index is 10.6. The lowest BCUT2D eigenvalue weighted by Gasteiger charge is -2.26. The summed E-state index contributed by atoms with van der Waals surface area (Å²) < 4.78 is 35.1. The van der Waals surface area contributed by atoms with Crippen LogP contribution >= 0.6 is 0 Å². The van der Waals surface area contributed by atoms with E-state index in [-0.39, 0.29) is 11.3 Å². The smallest absolute Gasteiger partial charge is 0.264 e. The molecule has 0 aliphatic rings. The van der Waals surface area contributed by atoms with Gasteiger partial charge in [-0.3, -0.25) is 4.55 Å². The summed E-state index contributed by atoms with van der Waals surface area (Å²) in [4.78, 5) is 0. The molecule has 5 nitrogen and oxygen atoms in total. The summed E-state index contributed by atoms with van der Waals surface area (Å²) in [6.07, 6.45) is 1.19. The second kappa shape index (κ2) is 7.06. The molecule has 0 heterocycles. The molecule has 1 rings (SSSR count). The van der Waals surface area contributed by atoms with Crippen LogP contribution in [-0.4, -0.2) is 37.9 Å². The van der Waals surface area contributed by atoms with Crippen molar-refractivity contribution in [1.29, 1.82) is 0 Å². The van der Waals surface area contributed by atoms with Crippen molar-refractivity contribution in [3.8, 4) is 5.75 Å². The molecule has 0 aromatic heterocycles. The molecule has 0 spiro atoms. The molecule has 0 amide bonds. The van der Waals surface area contributed by atoms with E-state index < -0.39 is 10.1 Å². The molecule has 0 radical (unpaired) electrons. The van der Waals surface area contributed by atoms with Gasteiger partial charge in [-0.2, -0.15) is 8.42 Å². The van der Waals surface area contributed by atoms with Gasteiger partial charge in [-0.05, 0) is 50.9 Å². The van der Waals surface area contributed by atoms with Gasteiger partial charge in [0.1, 0.15) is 5.75 Å². The molecule has 0 aliphatic heterocycles. The highest BCUT2D eigenvalue weighted by Gasteiger charge is 2.18. The minimum absolute atomic E-state index is 0.161. The van der Waals surface area contributed by atoms with E-state index >= 15 is 0 Å². The number of methoxy groups -OCH3 is 1. The Hall–Kier alpha value is -1.11. The molecular weight excluding hydrogens is 278 g/mol. The average Bonchev–Trinajstić information content (AvgIpc) is 2.33. The van der Waals surface area contributed by atoms with E-state index in [1.165, 1.54) is 0 Å². The number of hydrogen-bond acceptors (Lipinski definition) is 4. The third-order valence-corrected chi connectivity index (χ3v) is 3.77. The van der Waals surface area contributed by atoms with Crippen LogP contribution in [0, 0.1) is 0 Å². The molecule has 20 heavy (non-hydrogen) atoms. The van der Waals surface area contributed by atoms with Gasteiger partial charge in [0.15, 0.2) is 0 Å². The van der Waals surface area contributed by atoms with Crippen molar-refractivity contribution in [1.82, 2.24) is 5.32 Å². The van der Waals surface area contributed by atoms with Crippen LogP contribution in [-0.2, 0) is 16.5 Å².